The zero-order valence-corrected chi connectivity index (χ0v) is 13.4. The van der Waals surface area contributed by atoms with Crippen molar-refractivity contribution in [2.75, 3.05) is 17.1 Å². The SMILES string of the molecule is CNc1ccccc1S(=O)(=O)Nc1ccc(Br)c(C)n1. The number of nitrogens with zero attached hydrogens (tertiary/aromatic N) is 1. The molecule has 0 bridgehead atoms. The van der Waals surface area contributed by atoms with Gasteiger partial charge in [-0.05, 0) is 47.1 Å². The lowest BCUT2D eigenvalue weighted by molar-refractivity contribution is 0.601. The molecule has 1 aromatic heterocycles. The van der Waals surface area contributed by atoms with E-state index in [1.165, 1.54) is 0 Å². The highest BCUT2D eigenvalue weighted by Crippen LogP contribution is 2.23. The van der Waals surface area contributed by atoms with E-state index in [9.17, 15) is 8.42 Å². The quantitative estimate of drug-likeness (QED) is 0.884. The molecule has 0 aliphatic rings. The number of pyridine rings is 1. The first-order chi connectivity index (χ1) is 9.44. The lowest BCUT2D eigenvalue weighted by Crippen LogP contribution is -2.15. The van der Waals surface area contributed by atoms with Crippen LogP contribution in [-0.2, 0) is 10.0 Å². The number of sulfonamides is 1. The first-order valence-electron chi connectivity index (χ1n) is 5.87. The van der Waals surface area contributed by atoms with Crippen LogP contribution in [-0.4, -0.2) is 20.4 Å². The maximum absolute atomic E-state index is 12.4. The highest BCUT2D eigenvalue weighted by Gasteiger charge is 2.18. The molecule has 0 spiro atoms. The first kappa shape index (κ1) is 14.8. The van der Waals surface area contributed by atoms with E-state index in [0.29, 0.717) is 11.4 Å². The normalized spacial score (nSPS) is 11.2. The fraction of sp³-hybridized carbons (Fsp3) is 0.154. The van der Waals surface area contributed by atoms with Crippen LogP contribution in [0.3, 0.4) is 0 Å². The molecule has 0 saturated carbocycles. The van der Waals surface area contributed by atoms with Gasteiger partial charge in [-0.25, -0.2) is 13.4 Å². The molecule has 0 aliphatic heterocycles. The highest BCUT2D eigenvalue weighted by atomic mass is 79.9. The Labute approximate surface area is 126 Å². The van der Waals surface area contributed by atoms with E-state index in [4.69, 9.17) is 0 Å². The molecular weight excluding hydrogens is 342 g/mol. The van der Waals surface area contributed by atoms with Gasteiger partial charge in [0, 0.05) is 11.5 Å². The minimum atomic E-state index is -3.68. The molecule has 106 valence electrons. The molecule has 2 N–H and O–H groups in total. The van der Waals surface area contributed by atoms with Crippen LogP contribution in [0.1, 0.15) is 5.69 Å². The molecule has 1 aromatic carbocycles. The minimum Gasteiger partial charge on any atom is -0.387 e. The maximum Gasteiger partial charge on any atom is 0.265 e. The zero-order valence-electron chi connectivity index (χ0n) is 11.0. The van der Waals surface area contributed by atoms with Crippen molar-refractivity contribution in [3.63, 3.8) is 0 Å². The Bertz CT molecular complexity index is 732. The van der Waals surface area contributed by atoms with E-state index in [2.05, 4.69) is 31.0 Å². The summed E-state index contributed by atoms with van der Waals surface area (Å²) in [6.07, 6.45) is 0. The van der Waals surface area contributed by atoms with Crippen LogP contribution in [0.2, 0.25) is 0 Å². The molecule has 0 saturated heterocycles. The van der Waals surface area contributed by atoms with Crippen molar-refractivity contribution in [1.29, 1.82) is 0 Å². The van der Waals surface area contributed by atoms with E-state index >= 15 is 0 Å². The third kappa shape index (κ3) is 3.10. The molecule has 0 aliphatic carbocycles. The van der Waals surface area contributed by atoms with Crippen molar-refractivity contribution in [3.05, 3.63) is 46.6 Å². The Morgan fingerprint density at radius 3 is 2.50 bits per heavy atom. The predicted molar refractivity (Wildman–Crippen MR) is 83.5 cm³/mol. The van der Waals surface area contributed by atoms with Crippen molar-refractivity contribution in [2.24, 2.45) is 0 Å². The second kappa shape index (κ2) is 5.80. The van der Waals surface area contributed by atoms with Gasteiger partial charge in [-0.3, -0.25) is 4.72 Å². The van der Waals surface area contributed by atoms with Crippen LogP contribution in [0.4, 0.5) is 11.5 Å². The van der Waals surface area contributed by atoms with Gasteiger partial charge in [0.1, 0.15) is 10.7 Å². The summed E-state index contributed by atoms with van der Waals surface area (Å²) in [7, 11) is -2.00. The van der Waals surface area contributed by atoms with Crippen molar-refractivity contribution >= 4 is 37.5 Å². The van der Waals surface area contributed by atoms with Gasteiger partial charge in [0.2, 0.25) is 0 Å². The average Bonchev–Trinajstić information content (AvgIpc) is 2.42. The molecule has 20 heavy (non-hydrogen) atoms. The smallest absolute Gasteiger partial charge is 0.265 e. The minimum absolute atomic E-state index is 0.185. The molecule has 0 unspecified atom stereocenters. The number of nitrogens with one attached hydrogen (secondary N) is 2. The summed E-state index contributed by atoms with van der Waals surface area (Å²) in [5.41, 5.74) is 1.25. The van der Waals surface area contributed by atoms with Crippen LogP contribution >= 0.6 is 15.9 Å². The van der Waals surface area contributed by atoms with Crippen LogP contribution < -0.4 is 10.0 Å². The highest BCUT2D eigenvalue weighted by molar-refractivity contribution is 9.10. The molecule has 2 aromatic rings. The number of halogens is 1. The van der Waals surface area contributed by atoms with Crippen LogP contribution in [0.25, 0.3) is 0 Å². The number of aryl methyl sites for hydroxylation is 1. The van der Waals surface area contributed by atoms with Crippen LogP contribution in [0.5, 0.6) is 0 Å². The number of para-hydroxylation sites is 1. The third-order valence-electron chi connectivity index (χ3n) is 2.71. The Morgan fingerprint density at radius 1 is 1.15 bits per heavy atom. The van der Waals surface area contributed by atoms with Crippen molar-refractivity contribution in [2.45, 2.75) is 11.8 Å². The van der Waals surface area contributed by atoms with E-state index in [1.54, 1.807) is 50.4 Å². The fourth-order valence-corrected chi connectivity index (χ4v) is 3.14. The van der Waals surface area contributed by atoms with Gasteiger partial charge in [0.05, 0.1) is 11.4 Å². The molecule has 0 atom stereocenters. The monoisotopic (exact) mass is 355 g/mol. The maximum atomic E-state index is 12.4. The third-order valence-corrected chi connectivity index (χ3v) is 4.96. The Kier molecular flexibility index (Phi) is 4.29. The van der Waals surface area contributed by atoms with Gasteiger partial charge in [-0.15, -0.1) is 0 Å². The van der Waals surface area contributed by atoms with Crippen molar-refractivity contribution in [3.8, 4) is 0 Å². The number of aromatic nitrogens is 1. The molecule has 2 rings (SSSR count). The number of benzene rings is 1. The standard InChI is InChI=1S/C13H14BrN3O2S/c1-9-10(14)7-8-13(16-9)17-20(18,19)12-6-4-3-5-11(12)15-2/h3-8,15H,1-2H3,(H,16,17). The van der Waals surface area contributed by atoms with Gasteiger partial charge in [0.15, 0.2) is 0 Å². The molecule has 7 heteroatoms. The summed E-state index contributed by atoms with van der Waals surface area (Å²) < 4.78 is 28.1. The Balaban J connectivity index is 2.38. The second-order valence-electron chi connectivity index (χ2n) is 4.12. The lowest BCUT2D eigenvalue weighted by Gasteiger charge is -2.12. The molecule has 0 amide bonds. The number of hydrogen-bond donors (Lipinski definition) is 2. The van der Waals surface area contributed by atoms with Gasteiger partial charge in [0.25, 0.3) is 10.0 Å². The van der Waals surface area contributed by atoms with Crippen molar-refractivity contribution in [1.82, 2.24) is 4.98 Å². The lowest BCUT2D eigenvalue weighted by atomic mass is 10.3. The van der Waals surface area contributed by atoms with Crippen LogP contribution in [0.15, 0.2) is 45.8 Å². The summed E-state index contributed by atoms with van der Waals surface area (Å²) >= 11 is 3.33. The van der Waals surface area contributed by atoms with Gasteiger partial charge in [-0.2, -0.15) is 0 Å². The Hall–Kier alpha value is -1.60. The molecule has 1 heterocycles. The van der Waals surface area contributed by atoms with Gasteiger partial charge >= 0.3 is 0 Å². The Morgan fingerprint density at radius 2 is 1.85 bits per heavy atom. The number of anilines is 2. The number of rotatable bonds is 4. The first-order valence-corrected chi connectivity index (χ1v) is 8.14. The summed E-state index contributed by atoms with van der Waals surface area (Å²) in [6, 6.07) is 10.1. The second-order valence-corrected chi connectivity index (χ2v) is 6.62. The molecule has 5 nitrogen and oxygen atoms in total. The molecule has 0 fully saturated rings. The number of hydrogen-bond acceptors (Lipinski definition) is 4. The summed E-state index contributed by atoms with van der Waals surface area (Å²) in [4.78, 5) is 4.37. The summed E-state index contributed by atoms with van der Waals surface area (Å²) in [6.45, 7) is 1.80. The fourth-order valence-electron chi connectivity index (χ4n) is 1.70. The van der Waals surface area contributed by atoms with Crippen molar-refractivity contribution < 1.29 is 8.42 Å². The topological polar surface area (TPSA) is 71.1 Å². The van der Waals surface area contributed by atoms with E-state index in [-0.39, 0.29) is 10.7 Å². The van der Waals surface area contributed by atoms with Gasteiger partial charge < -0.3 is 5.32 Å². The summed E-state index contributed by atoms with van der Waals surface area (Å²) in [5, 5.41) is 2.86. The summed E-state index contributed by atoms with van der Waals surface area (Å²) in [5.74, 6) is 0.289. The average molecular weight is 356 g/mol. The van der Waals surface area contributed by atoms with E-state index in [1.807, 2.05) is 0 Å². The predicted octanol–water partition coefficient (Wildman–Crippen LogP) is 3.00. The van der Waals surface area contributed by atoms with Gasteiger partial charge in [-0.1, -0.05) is 12.1 Å². The molecule has 0 radical (unpaired) electrons. The van der Waals surface area contributed by atoms with E-state index < -0.39 is 10.0 Å². The zero-order chi connectivity index (χ0) is 14.8. The van der Waals surface area contributed by atoms with Crippen LogP contribution in [0, 0.1) is 6.92 Å². The molecular formula is C13H14BrN3O2S. The largest absolute Gasteiger partial charge is 0.387 e. The van der Waals surface area contributed by atoms with E-state index in [0.717, 1.165) is 4.47 Å².